The van der Waals surface area contributed by atoms with Crippen molar-refractivity contribution in [3.05, 3.63) is 59.4 Å². The van der Waals surface area contributed by atoms with E-state index in [0.29, 0.717) is 29.9 Å². The fourth-order valence-electron chi connectivity index (χ4n) is 3.29. The standard InChI is InChI=1S/C25H38FN3O3Si/c1-25(2,3)33(6,7)32-22(13-14-31-24(30)28-4)20-15-19(26)16-21(23(20)27)29(5)17-18-11-9-8-10-12-18/h8-12,15-16,22H,13-14,17,27H2,1-7H3,(H,28,30). The molecular weight excluding hydrogens is 437 g/mol. The highest BCUT2D eigenvalue weighted by Crippen LogP contribution is 2.43. The first-order valence-electron chi connectivity index (χ1n) is 11.2. The van der Waals surface area contributed by atoms with Gasteiger partial charge < -0.3 is 25.1 Å². The van der Waals surface area contributed by atoms with Crippen LogP contribution in [0.25, 0.3) is 0 Å². The Morgan fingerprint density at radius 1 is 1.21 bits per heavy atom. The lowest BCUT2D eigenvalue weighted by Crippen LogP contribution is -2.42. The average molecular weight is 476 g/mol. The summed E-state index contributed by atoms with van der Waals surface area (Å²) >= 11 is 0. The van der Waals surface area contributed by atoms with Crippen molar-refractivity contribution in [3.8, 4) is 0 Å². The van der Waals surface area contributed by atoms with Crippen LogP contribution in [0.3, 0.4) is 0 Å². The van der Waals surface area contributed by atoms with Gasteiger partial charge in [0.2, 0.25) is 0 Å². The number of nitrogen functional groups attached to an aromatic ring is 1. The summed E-state index contributed by atoms with van der Waals surface area (Å²) in [5.74, 6) is -0.384. The Kier molecular flexibility index (Phi) is 8.91. The Balaban J connectivity index is 2.40. The van der Waals surface area contributed by atoms with Gasteiger partial charge in [0.25, 0.3) is 0 Å². The van der Waals surface area contributed by atoms with Gasteiger partial charge in [-0.15, -0.1) is 0 Å². The van der Waals surface area contributed by atoms with Crippen molar-refractivity contribution in [2.75, 3.05) is 31.3 Å². The van der Waals surface area contributed by atoms with Crippen LogP contribution in [-0.2, 0) is 15.7 Å². The quantitative estimate of drug-likeness (QED) is 0.351. The number of carbonyl (C=O) groups excluding carboxylic acids is 1. The summed E-state index contributed by atoms with van der Waals surface area (Å²) in [7, 11) is 1.16. The van der Waals surface area contributed by atoms with Crippen molar-refractivity contribution in [2.45, 2.75) is 58.0 Å². The number of carbonyl (C=O) groups is 1. The molecule has 0 fully saturated rings. The highest BCUT2D eigenvalue weighted by molar-refractivity contribution is 6.74. The summed E-state index contributed by atoms with van der Waals surface area (Å²) in [6.07, 6.45) is -0.651. The minimum Gasteiger partial charge on any atom is -0.449 e. The number of nitrogens with zero attached hydrogens (tertiary/aromatic N) is 1. The van der Waals surface area contributed by atoms with Crippen LogP contribution in [0.4, 0.5) is 20.6 Å². The predicted molar refractivity (Wildman–Crippen MR) is 135 cm³/mol. The number of alkyl carbamates (subject to hydrolysis) is 1. The molecule has 2 aromatic carbocycles. The summed E-state index contributed by atoms with van der Waals surface area (Å²) in [4.78, 5) is 13.5. The van der Waals surface area contributed by atoms with E-state index in [9.17, 15) is 9.18 Å². The fourth-order valence-corrected chi connectivity index (χ4v) is 4.60. The van der Waals surface area contributed by atoms with E-state index in [4.69, 9.17) is 14.9 Å². The van der Waals surface area contributed by atoms with Gasteiger partial charge in [-0.2, -0.15) is 0 Å². The topological polar surface area (TPSA) is 76.8 Å². The second kappa shape index (κ2) is 11.0. The Labute approximate surface area is 198 Å². The number of anilines is 2. The summed E-state index contributed by atoms with van der Waals surface area (Å²) in [6, 6.07) is 12.8. The van der Waals surface area contributed by atoms with Gasteiger partial charge in [-0.05, 0) is 35.8 Å². The molecule has 0 radical (unpaired) electrons. The molecule has 2 aromatic rings. The van der Waals surface area contributed by atoms with Gasteiger partial charge in [-0.3, -0.25) is 0 Å². The van der Waals surface area contributed by atoms with Crippen molar-refractivity contribution in [2.24, 2.45) is 0 Å². The molecule has 0 aromatic heterocycles. The molecule has 0 saturated carbocycles. The van der Waals surface area contributed by atoms with Gasteiger partial charge in [0.1, 0.15) is 5.82 Å². The normalized spacial score (nSPS) is 12.8. The molecule has 1 unspecified atom stereocenters. The monoisotopic (exact) mass is 475 g/mol. The van der Waals surface area contributed by atoms with Gasteiger partial charge in [0, 0.05) is 32.6 Å². The lowest BCUT2D eigenvalue weighted by atomic mass is 10.0. The summed E-state index contributed by atoms with van der Waals surface area (Å²) in [6.45, 7) is 11.4. The number of hydrogen-bond acceptors (Lipinski definition) is 5. The smallest absolute Gasteiger partial charge is 0.406 e. The van der Waals surface area contributed by atoms with E-state index in [-0.39, 0.29) is 17.5 Å². The third-order valence-electron chi connectivity index (χ3n) is 6.24. The lowest BCUT2D eigenvalue weighted by molar-refractivity contribution is 0.111. The van der Waals surface area contributed by atoms with Gasteiger partial charge in [0.15, 0.2) is 8.32 Å². The summed E-state index contributed by atoms with van der Waals surface area (Å²) < 4.78 is 26.7. The fraction of sp³-hybridized carbons (Fsp3) is 0.480. The van der Waals surface area contributed by atoms with Gasteiger partial charge in [0.05, 0.1) is 24.1 Å². The predicted octanol–water partition coefficient (Wildman–Crippen LogP) is 5.85. The second-order valence-corrected chi connectivity index (χ2v) is 14.6. The van der Waals surface area contributed by atoms with Crippen LogP contribution in [-0.4, -0.2) is 35.1 Å². The van der Waals surface area contributed by atoms with E-state index in [2.05, 4.69) is 39.2 Å². The molecule has 182 valence electrons. The first kappa shape index (κ1) is 26.7. The van der Waals surface area contributed by atoms with Crippen LogP contribution >= 0.6 is 0 Å². The summed E-state index contributed by atoms with van der Waals surface area (Å²) in [5.41, 5.74) is 9.35. The largest absolute Gasteiger partial charge is 0.449 e. The molecule has 0 saturated heterocycles. The number of hydrogen-bond donors (Lipinski definition) is 2. The van der Waals surface area contributed by atoms with Crippen LogP contribution in [0, 0.1) is 5.82 Å². The number of ether oxygens (including phenoxy) is 1. The number of nitrogens with one attached hydrogen (secondary N) is 1. The van der Waals surface area contributed by atoms with Crippen LogP contribution < -0.4 is 16.0 Å². The molecule has 0 aliphatic heterocycles. The van der Waals surface area contributed by atoms with Crippen molar-refractivity contribution in [1.29, 1.82) is 0 Å². The molecule has 0 spiro atoms. The molecule has 0 aliphatic rings. The Morgan fingerprint density at radius 2 is 1.85 bits per heavy atom. The molecule has 1 atom stereocenters. The van der Waals surface area contributed by atoms with Gasteiger partial charge >= 0.3 is 6.09 Å². The zero-order valence-corrected chi connectivity index (χ0v) is 21.9. The highest BCUT2D eigenvalue weighted by Gasteiger charge is 2.40. The van der Waals surface area contributed by atoms with Crippen molar-refractivity contribution >= 4 is 25.8 Å². The second-order valence-electron chi connectivity index (χ2n) is 9.81. The number of rotatable bonds is 9. The first-order chi connectivity index (χ1) is 15.4. The Hall–Kier alpha value is -2.58. The van der Waals surface area contributed by atoms with E-state index in [1.165, 1.54) is 19.2 Å². The minimum absolute atomic E-state index is 0.0537. The zero-order valence-electron chi connectivity index (χ0n) is 20.9. The first-order valence-corrected chi connectivity index (χ1v) is 14.1. The number of halogens is 1. The van der Waals surface area contributed by atoms with E-state index in [1.54, 1.807) is 0 Å². The maximum atomic E-state index is 14.8. The number of benzene rings is 2. The third-order valence-corrected chi connectivity index (χ3v) is 10.7. The molecular formula is C25H38FN3O3Si. The molecule has 0 bridgehead atoms. The molecule has 2 rings (SSSR count). The number of amides is 1. The molecule has 8 heteroatoms. The Bertz CT molecular complexity index is 932. The molecule has 0 aliphatic carbocycles. The number of nitrogens with two attached hydrogens (primary N) is 1. The van der Waals surface area contributed by atoms with E-state index in [1.807, 2.05) is 42.3 Å². The summed E-state index contributed by atoms with van der Waals surface area (Å²) in [5, 5.41) is 2.38. The molecule has 0 heterocycles. The van der Waals surface area contributed by atoms with Crippen LogP contribution in [0.2, 0.25) is 18.1 Å². The SMILES string of the molecule is CNC(=O)OCCC(O[Si](C)(C)C(C)(C)C)c1cc(F)cc(N(C)Cc2ccccc2)c1N. The Morgan fingerprint density at radius 3 is 2.42 bits per heavy atom. The van der Waals surface area contributed by atoms with Crippen molar-refractivity contribution in [3.63, 3.8) is 0 Å². The van der Waals surface area contributed by atoms with Crippen LogP contribution in [0.15, 0.2) is 42.5 Å². The van der Waals surface area contributed by atoms with Gasteiger partial charge in [-0.1, -0.05) is 51.1 Å². The van der Waals surface area contributed by atoms with Crippen molar-refractivity contribution in [1.82, 2.24) is 5.32 Å². The zero-order chi connectivity index (χ0) is 24.8. The van der Waals surface area contributed by atoms with Crippen molar-refractivity contribution < 1.29 is 18.3 Å². The molecule has 33 heavy (non-hydrogen) atoms. The van der Waals surface area contributed by atoms with E-state index in [0.717, 1.165) is 5.56 Å². The molecule has 1 amide bonds. The van der Waals surface area contributed by atoms with E-state index < -0.39 is 20.5 Å². The third kappa shape index (κ3) is 7.20. The maximum absolute atomic E-state index is 14.8. The van der Waals surface area contributed by atoms with Crippen LogP contribution in [0.1, 0.15) is 44.4 Å². The highest BCUT2D eigenvalue weighted by atomic mass is 28.4. The molecule has 3 N–H and O–H groups in total. The van der Waals surface area contributed by atoms with Crippen LogP contribution in [0.5, 0.6) is 0 Å². The van der Waals surface area contributed by atoms with Gasteiger partial charge in [-0.25, -0.2) is 9.18 Å². The van der Waals surface area contributed by atoms with E-state index >= 15 is 0 Å². The minimum atomic E-state index is -2.23. The average Bonchev–Trinajstić information content (AvgIpc) is 2.74. The lowest BCUT2D eigenvalue weighted by Gasteiger charge is -2.40. The molecule has 6 nitrogen and oxygen atoms in total. The maximum Gasteiger partial charge on any atom is 0.406 e.